The monoisotopic (exact) mass is 328 g/mol. The fraction of sp³-hybridized carbons (Fsp3) is 0.250. The van der Waals surface area contributed by atoms with Crippen LogP contribution in [0.4, 0.5) is 17.2 Å². The molecule has 0 aliphatic heterocycles. The third-order valence-corrected chi connectivity index (χ3v) is 3.29. The van der Waals surface area contributed by atoms with Crippen LogP contribution in [-0.4, -0.2) is 27.8 Å². The average Bonchev–Trinajstić information content (AvgIpc) is 2.45. The van der Waals surface area contributed by atoms with Crippen molar-refractivity contribution in [1.29, 1.82) is 0 Å². The summed E-state index contributed by atoms with van der Waals surface area (Å²) >= 11 is 0. The minimum Gasteiger partial charge on any atom is -0.373 e. The maximum atomic E-state index is 11.6. The standard InChI is InChI=1S/C16H20N6O2/c1-8-4-9(2)20-13(5-8)22-12-6-11(21-10(3)15(17)23)7-19-14(12)16(18)24/h4-7,10,21H,1-3H3,(H2,17,23)(H2,18,24)(H,20,22). The van der Waals surface area contributed by atoms with E-state index in [1.54, 1.807) is 13.0 Å². The third-order valence-electron chi connectivity index (χ3n) is 3.29. The normalized spacial score (nSPS) is 11.6. The summed E-state index contributed by atoms with van der Waals surface area (Å²) in [5, 5.41) is 5.95. The van der Waals surface area contributed by atoms with E-state index in [0.717, 1.165) is 11.3 Å². The smallest absolute Gasteiger partial charge is 0.269 e. The highest BCUT2D eigenvalue weighted by Gasteiger charge is 2.14. The summed E-state index contributed by atoms with van der Waals surface area (Å²) in [5.41, 5.74) is 13.5. The second-order valence-corrected chi connectivity index (χ2v) is 5.55. The molecule has 0 saturated carbocycles. The van der Waals surface area contributed by atoms with Crippen LogP contribution in [-0.2, 0) is 4.79 Å². The van der Waals surface area contributed by atoms with Gasteiger partial charge in [-0.15, -0.1) is 0 Å². The van der Waals surface area contributed by atoms with Crippen molar-refractivity contribution >= 4 is 29.0 Å². The van der Waals surface area contributed by atoms with Gasteiger partial charge in [0.2, 0.25) is 5.91 Å². The quantitative estimate of drug-likeness (QED) is 0.629. The van der Waals surface area contributed by atoms with Crippen LogP contribution in [0.5, 0.6) is 0 Å². The molecule has 2 rings (SSSR count). The van der Waals surface area contributed by atoms with E-state index in [1.165, 1.54) is 6.20 Å². The Morgan fingerprint density at radius 2 is 1.88 bits per heavy atom. The Hall–Kier alpha value is -3.16. The van der Waals surface area contributed by atoms with Gasteiger partial charge in [-0.05, 0) is 44.5 Å². The molecule has 0 fully saturated rings. The van der Waals surface area contributed by atoms with Crippen molar-refractivity contribution in [3.05, 3.63) is 41.3 Å². The van der Waals surface area contributed by atoms with Crippen molar-refractivity contribution in [2.45, 2.75) is 26.8 Å². The maximum absolute atomic E-state index is 11.6. The Bertz CT molecular complexity index is 770. The van der Waals surface area contributed by atoms with E-state index in [0.29, 0.717) is 17.2 Å². The number of carbonyl (C=O) groups is 2. The van der Waals surface area contributed by atoms with Crippen molar-refractivity contribution in [3.8, 4) is 0 Å². The van der Waals surface area contributed by atoms with E-state index >= 15 is 0 Å². The van der Waals surface area contributed by atoms with Gasteiger partial charge in [-0.3, -0.25) is 9.59 Å². The number of nitrogens with one attached hydrogen (secondary N) is 2. The number of hydrogen-bond donors (Lipinski definition) is 4. The van der Waals surface area contributed by atoms with Crippen LogP contribution < -0.4 is 22.1 Å². The van der Waals surface area contributed by atoms with Crippen LogP contribution in [0.25, 0.3) is 0 Å². The second-order valence-electron chi connectivity index (χ2n) is 5.55. The summed E-state index contributed by atoms with van der Waals surface area (Å²) in [4.78, 5) is 31.2. The largest absolute Gasteiger partial charge is 0.373 e. The first-order valence-corrected chi connectivity index (χ1v) is 7.34. The molecule has 0 radical (unpaired) electrons. The number of nitrogens with two attached hydrogens (primary N) is 2. The van der Waals surface area contributed by atoms with Crippen molar-refractivity contribution in [1.82, 2.24) is 9.97 Å². The third kappa shape index (κ3) is 4.19. The number of anilines is 3. The molecule has 8 nitrogen and oxygen atoms in total. The minimum absolute atomic E-state index is 0.0771. The Kier molecular flexibility index (Phi) is 4.98. The van der Waals surface area contributed by atoms with E-state index in [-0.39, 0.29) is 5.69 Å². The lowest BCUT2D eigenvalue weighted by molar-refractivity contribution is -0.118. The molecule has 0 saturated heterocycles. The van der Waals surface area contributed by atoms with Crippen LogP contribution >= 0.6 is 0 Å². The Morgan fingerprint density at radius 1 is 1.17 bits per heavy atom. The molecule has 2 aromatic heterocycles. The highest BCUT2D eigenvalue weighted by Crippen LogP contribution is 2.23. The fourth-order valence-electron chi connectivity index (χ4n) is 2.20. The number of pyridine rings is 2. The Morgan fingerprint density at radius 3 is 2.46 bits per heavy atom. The van der Waals surface area contributed by atoms with Gasteiger partial charge in [0, 0.05) is 5.69 Å². The zero-order chi connectivity index (χ0) is 17.9. The van der Waals surface area contributed by atoms with Gasteiger partial charge in [-0.25, -0.2) is 9.97 Å². The van der Waals surface area contributed by atoms with Gasteiger partial charge in [0.25, 0.3) is 5.91 Å². The molecule has 0 bridgehead atoms. The number of carbonyl (C=O) groups excluding carboxylic acids is 2. The molecule has 126 valence electrons. The lowest BCUT2D eigenvalue weighted by Crippen LogP contribution is -2.32. The molecule has 0 aromatic carbocycles. The molecule has 6 N–H and O–H groups in total. The highest BCUT2D eigenvalue weighted by molar-refractivity contribution is 5.97. The molecular formula is C16H20N6O2. The molecule has 2 amide bonds. The van der Waals surface area contributed by atoms with Crippen LogP contribution in [0.1, 0.15) is 28.7 Å². The predicted octanol–water partition coefficient (Wildman–Crippen LogP) is 1.22. The van der Waals surface area contributed by atoms with Crippen molar-refractivity contribution in [3.63, 3.8) is 0 Å². The van der Waals surface area contributed by atoms with Crippen LogP contribution in [0.3, 0.4) is 0 Å². The molecule has 1 atom stereocenters. The summed E-state index contributed by atoms with van der Waals surface area (Å²) in [7, 11) is 0. The minimum atomic E-state index is -0.670. The van der Waals surface area contributed by atoms with Crippen LogP contribution in [0.2, 0.25) is 0 Å². The molecule has 8 heteroatoms. The Labute approximate surface area is 139 Å². The molecule has 2 aromatic rings. The molecule has 0 aliphatic rings. The number of primary amides is 2. The lowest BCUT2D eigenvalue weighted by atomic mass is 10.2. The summed E-state index contributed by atoms with van der Waals surface area (Å²) in [6.07, 6.45) is 1.42. The first-order valence-electron chi connectivity index (χ1n) is 7.34. The molecule has 0 spiro atoms. The van der Waals surface area contributed by atoms with Gasteiger partial charge in [0.05, 0.1) is 17.6 Å². The first-order chi connectivity index (χ1) is 11.3. The number of aromatic nitrogens is 2. The molecule has 24 heavy (non-hydrogen) atoms. The predicted molar refractivity (Wildman–Crippen MR) is 92.0 cm³/mol. The molecule has 0 aliphatic carbocycles. The van der Waals surface area contributed by atoms with E-state index in [4.69, 9.17) is 11.5 Å². The topological polar surface area (TPSA) is 136 Å². The zero-order valence-corrected chi connectivity index (χ0v) is 13.8. The van der Waals surface area contributed by atoms with E-state index < -0.39 is 17.9 Å². The van der Waals surface area contributed by atoms with Gasteiger partial charge in [-0.1, -0.05) is 0 Å². The SMILES string of the molecule is Cc1cc(C)nc(Nc2cc(NC(C)C(N)=O)cnc2C(N)=O)c1. The lowest BCUT2D eigenvalue weighted by Gasteiger charge is -2.15. The number of rotatable bonds is 6. The van der Waals surface area contributed by atoms with E-state index in [1.807, 2.05) is 26.0 Å². The maximum Gasteiger partial charge on any atom is 0.269 e. The number of amides is 2. The van der Waals surface area contributed by atoms with Crippen LogP contribution in [0.15, 0.2) is 24.4 Å². The molecular weight excluding hydrogens is 308 g/mol. The molecule has 2 heterocycles. The van der Waals surface area contributed by atoms with Crippen molar-refractivity contribution < 1.29 is 9.59 Å². The average molecular weight is 328 g/mol. The first kappa shape index (κ1) is 17.2. The number of hydrogen-bond acceptors (Lipinski definition) is 6. The van der Waals surface area contributed by atoms with Crippen molar-refractivity contribution in [2.24, 2.45) is 11.5 Å². The van der Waals surface area contributed by atoms with Gasteiger partial charge >= 0.3 is 0 Å². The van der Waals surface area contributed by atoms with E-state index in [2.05, 4.69) is 20.6 Å². The Balaban J connectivity index is 2.37. The van der Waals surface area contributed by atoms with Gasteiger partial charge in [0.15, 0.2) is 5.69 Å². The summed E-state index contributed by atoms with van der Waals surface area (Å²) in [5.74, 6) is -0.604. The summed E-state index contributed by atoms with van der Waals surface area (Å²) in [6, 6.07) is 4.82. The second kappa shape index (κ2) is 6.95. The van der Waals surface area contributed by atoms with E-state index in [9.17, 15) is 9.59 Å². The summed E-state index contributed by atoms with van der Waals surface area (Å²) in [6.45, 7) is 5.44. The van der Waals surface area contributed by atoms with Crippen LogP contribution in [0, 0.1) is 13.8 Å². The number of nitrogens with zero attached hydrogens (tertiary/aromatic N) is 2. The van der Waals surface area contributed by atoms with Crippen molar-refractivity contribution in [2.75, 3.05) is 10.6 Å². The fourth-order valence-corrected chi connectivity index (χ4v) is 2.20. The van der Waals surface area contributed by atoms with Gasteiger partial charge in [0.1, 0.15) is 11.9 Å². The summed E-state index contributed by atoms with van der Waals surface area (Å²) < 4.78 is 0. The van der Waals surface area contributed by atoms with Gasteiger partial charge in [-0.2, -0.15) is 0 Å². The number of aryl methyl sites for hydroxylation is 2. The van der Waals surface area contributed by atoms with Gasteiger partial charge < -0.3 is 22.1 Å². The molecule has 1 unspecified atom stereocenters. The highest BCUT2D eigenvalue weighted by atomic mass is 16.1. The zero-order valence-electron chi connectivity index (χ0n) is 13.8.